The third-order valence-corrected chi connectivity index (χ3v) is 11.8. The molecule has 0 radical (unpaired) electrons. The van der Waals surface area contributed by atoms with E-state index in [0.717, 1.165) is 12.8 Å². The zero-order valence-electron chi connectivity index (χ0n) is 33.7. The van der Waals surface area contributed by atoms with E-state index < -0.39 is 0 Å². The second-order valence-corrected chi connectivity index (χ2v) is 15.4. The average Bonchev–Trinajstić information content (AvgIpc) is 3.43. The molecule has 268 valence electrons. The molecule has 6 aromatic carbocycles. The lowest BCUT2D eigenvalue weighted by atomic mass is 9.74. The van der Waals surface area contributed by atoms with Gasteiger partial charge >= 0.3 is 0 Å². The molecule has 0 saturated heterocycles. The van der Waals surface area contributed by atoms with E-state index in [1.807, 2.05) is 0 Å². The van der Waals surface area contributed by atoms with Crippen LogP contribution in [-0.2, 0) is 12.5 Å². The SMILES string of the molecule is CCC(C)(CC)c1ccc(-c2ccccc2C)c2c3cc(C)cc(C)c3c3c(c12)[n+](C)c(-c1ccccc1C)n3-c1ccccc1C.CCCCC. The third-order valence-electron chi connectivity index (χ3n) is 11.8. The van der Waals surface area contributed by atoms with E-state index in [9.17, 15) is 0 Å². The van der Waals surface area contributed by atoms with Gasteiger partial charge in [-0.3, -0.25) is 0 Å². The van der Waals surface area contributed by atoms with Gasteiger partial charge in [0.2, 0.25) is 0 Å². The van der Waals surface area contributed by atoms with Crippen LogP contribution >= 0.6 is 0 Å². The van der Waals surface area contributed by atoms with Gasteiger partial charge in [-0.25, -0.2) is 4.57 Å². The molecule has 1 heterocycles. The molecule has 0 spiro atoms. The maximum absolute atomic E-state index is 2.58. The van der Waals surface area contributed by atoms with Crippen LogP contribution < -0.4 is 4.57 Å². The number of hydrogen-bond donors (Lipinski definition) is 0. The summed E-state index contributed by atoms with van der Waals surface area (Å²) in [5.41, 5.74) is 15.6. The second kappa shape index (κ2) is 15.1. The van der Waals surface area contributed by atoms with Crippen LogP contribution in [0.2, 0.25) is 0 Å². The number of aromatic nitrogens is 2. The maximum atomic E-state index is 2.58. The highest BCUT2D eigenvalue weighted by atomic mass is 15.2. The molecule has 7 rings (SSSR count). The van der Waals surface area contributed by atoms with Crippen molar-refractivity contribution in [3.63, 3.8) is 0 Å². The van der Waals surface area contributed by atoms with Crippen LogP contribution in [0.1, 0.15) is 100 Å². The van der Waals surface area contributed by atoms with Gasteiger partial charge in [-0.1, -0.05) is 144 Å². The molecule has 1 aromatic heterocycles. The van der Waals surface area contributed by atoms with Crippen molar-refractivity contribution in [1.29, 1.82) is 0 Å². The Bertz CT molecular complexity index is 2400. The standard InChI is InChI=1S/C45H47N2.C5H12/c1-10-45(8,11-2)37-25-24-35(33-21-15-12-18-29(33)4)40-36-27-28(3)26-32(7)39(36)43-42(41(37)40)46(9)44(34-22-16-13-19-30(34)5)47(43)38-23-17-14-20-31(38)6;1-3-5-4-2/h12-27H,10-11H2,1-9H3;3-5H2,1-2H3/q+1;. The van der Waals surface area contributed by atoms with Gasteiger partial charge in [0.25, 0.3) is 5.82 Å². The molecule has 0 atom stereocenters. The lowest BCUT2D eigenvalue weighted by Crippen LogP contribution is -2.31. The highest BCUT2D eigenvalue weighted by Gasteiger charge is 2.36. The van der Waals surface area contributed by atoms with Crippen molar-refractivity contribution in [3.8, 4) is 28.2 Å². The van der Waals surface area contributed by atoms with Crippen LogP contribution in [0.4, 0.5) is 0 Å². The van der Waals surface area contributed by atoms with E-state index in [-0.39, 0.29) is 5.41 Å². The number of benzene rings is 6. The number of aryl methyl sites for hydroxylation is 6. The molecule has 0 aliphatic rings. The Morgan fingerprint density at radius 3 is 1.71 bits per heavy atom. The van der Waals surface area contributed by atoms with Crippen molar-refractivity contribution in [1.82, 2.24) is 4.57 Å². The fourth-order valence-corrected chi connectivity index (χ4v) is 8.51. The van der Waals surface area contributed by atoms with Gasteiger partial charge < -0.3 is 0 Å². The van der Waals surface area contributed by atoms with Gasteiger partial charge in [0, 0.05) is 16.2 Å². The van der Waals surface area contributed by atoms with Gasteiger partial charge in [0.1, 0.15) is 5.69 Å². The van der Waals surface area contributed by atoms with Crippen molar-refractivity contribution in [2.75, 3.05) is 0 Å². The molecule has 52 heavy (non-hydrogen) atoms. The van der Waals surface area contributed by atoms with Crippen molar-refractivity contribution in [2.24, 2.45) is 7.05 Å². The molecule has 0 aliphatic carbocycles. The lowest BCUT2D eigenvalue weighted by molar-refractivity contribution is -0.633. The second-order valence-electron chi connectivity index (χ2n) is 15.4. The first-order chi connectivity index (χ1) is 25.0. The van der Waals surface area contributed by atoms with Crippen LogP contribution in [0, 0.1) is 34.6 Å². The highest BCUT2D eigenvalue weighted by Crippen LogP contribution is 2.48. The number of unbranched alkanes of at least 4 members (excludes halogenated alkanes) is 2. The van der Waals surface area contributed by atoms with Gasteiger partial charge in [0.05, 0.1) is 12.6 Å². The molecule has 0 aliphatic heterocycles. The van der Waals surface area contributed by atoms with Crippen molar-refractivity contribution in [2.45, 2.75) is 107 Å². The summed E-state index contributed by atoms with van der Waals surface area (Å²) in [5.74, 6) is 1.21. The highest BCUT2D eigenvalue weighted by molar-refractivity contribution is 6.28. The number of nitrogens with zero attached hydrogens (tertiary/aromatic N) is 2. The van der Waals surface area contributed by atoms with Crippen molar-refractivity contribution >= 4 is 32.6 Å². The lowest BCUT2D eigenvalue weighted by Gasteiger charge is -2.30. The molecule has 0 bridgehead atoms. The first-order valence-electron chi connectivity index (χ1n) is 19.6. The minimum absolute atomic E-state index is 0.0164. The monoisotopic (exact) mass is 687 g/mol. The Labute approximate surface area is 313 Å². The Balaban J connectivity index is 0.000000870. The molecule has 0 N–H and O–H groups in total. The number of hydrogen-bond acceptors (Lipinski definition) is 0. The van der Waals surface area contributed by atoms with E-state index in [1.165, 1.54) is 113 Å². The predicted octanol–water partition coefficient (Wildman–Crippen LogP) is 13.9. The van der Waals surface area contributed by atoms with Crippen molar-refractivity contribution in [3.05, 3.63) is 130 Å². The molecule has 2 nitrogen and oxygen atoms in total. The van der Waals surface area contributed by atoms with Crippen LogP contribution in [0.25, 0.3) is 60.8 Å². The molecule has 0 saturated carbocycles. The fraction of sp³-hybridized carbons (Fsp3) is 0.340. The van der Waals surface area contributed by atoms with Crippen LogP contribution in [-0.4, -0.2) is 4.57 Å². The summed E-state index contributed by atoms with van der Waals surface area (Å²) in [7, 11) is 2.30. The topological polar surface area (TPSA) is 8.81 Å². The minimum atomic E-state index is 0.0164. The zero-order valence-corrected chi connectivity index (χ0v) is 33.7. The van der Waals surface area contributed by atoms with E-state index >= 15 is 0 Å². The van der Waals surface area contributed by atoms with Gasteiger partial charge in [-0.05, 0) is 109 Å². The summed E-state index contributed by atoms with van der Waals surface area (Å²) in [4.78, 5) is 0. The molecular weight excluding hydrogens is 629 g/mol. The quantitative estimate of drug-likeness (QED) is 0.111. The minimum Gasteiger partial charge on any atom is -0.225 e. The smallest absolute Gasteiger partial charge is 0.225 e. The van der Waals surface area contributed by atoms with E-state index in [4.69, 9.17) is 0 Å². The largest absolute Gasteiger partial charge is 0.295 e. The van der Waals surface area contributed by atoms with Gasteiger partial charge in [-0.2, -0.15) is 4.57 Å². The van der Waals surface area contributed by atoms with E-state index in [2.05, 4.69) is 182 Å². The number of rotatable bonds is 8. The third kappa shape index (κ3) is 6.25. The van der Waals surface area contributed by atoms with Gasteiger partial charge in [0.15, 0.2) is 11.0 Å². The Kier molecular flexibility index (Phi) is 10.8. The fourth-order valence-electron chi connectivity index (χ4n) is 8.51. The summed E-state index contributed by atoms with van der Waals surface area (Å²) >= 11 is 0. The number of imidazole rings is 1. The van der Waals surface area contributed by atoms with Crippen LogP contribution in [0.3, 0.4) is 0 Å². The molecule has 0 unspecified atom stereocenters. The molecular formula is C50H59N2+. The Morgan fingerprint density at radius 1 is 0.577 bits per heavy atom. The molecule has 0 fully saturated rings. The summed E-state index contributed by atoms with van der Waals surface area (Å²) in [6.07, 6.45) is 6.22. The molecule has 7 aromatic rings. The predicted molar refractivity (Wildman–Crippen MR) is 227 cm³/mol. The molecule has 2 heteroatoms. The number of para-hydroxylation sites is 1. The maximum Gasteiger partial charge on any atom is 0.295 e. The zero-order chi connectivity index (χ0) is 37.3. The summed E-state index contributed by atoms with van der Waals surface area (Å²) < 4.78 is 5.10. The van der Waals surface area contributed by atoms with Gasteiger partial charge in [-0.15, -0.1) is 0 Å². The Morgan fingerprint density at radius 2 is 1.15 bits per heavy atom. The number of fused-ring (bicyclic) bond motifs is 6. The van der Waals surface area contributed by atoms with E-state index in [1.54, 1.807) is 0 Å². The van der Waals surface area contributed by atoms with Crippen molar-refractivity contribution < 1.29 is 4.57 Å². The summed E-state index contributed by atoms with van der Waals surface area (Å²) in [6, 6.07) is 36.3. The summed E-state index contributed by atoms with van der Waals surface area (Å²) in [6.45, 7) is 22.9. The van der Waals surface area contributed by atoms with Crippen LogP contribution in [0.5, 0.6) is 0 Å². The van der Waals surface area contributed by atoms with E-state index in [0.29, 0.717) is 0 Å². The first kappa shape index (κ1) is 37.1. The van der Waals surface area contributed by atoms with Crippen LogP contribution in [0.15, 0.2) is 97.1 Å². The Hall–Kier alpha value is -4.69. The normalized spacial score (nSPS) is 11.8. The first-order valence-corrected chi connectivity index (χ1v) is 19.6. The summed E-state index contributed by atoms with van der Waals surface area (Å²) in [5, 5.41) is 5.42. The molecule has 0 amide bonds. The average molecular weight is 688 g/mol.